The van der Waals surface area contributed by atoms with Crippen molar-refractivity contribution in [2.45, 2.75) is 38.6 Å². The smallest absolute Gasteiger partial charge is 0.276 e. The Morgan fingerprint density at radius 3 is 3.00 bits per heavy atom. The topological polar surface area (TPSA) is 85.5 Å². The van der Waals surface area contributed by atoms with E-state index in [9.17, 15) is 4.79 Å². The number of hydrogen-bond donors (Lipinski definition) is 0. The van der Waals surface area contributed by atoms with Gasteiger partial charge in [-0.3, -0.25) is 4.79 Å². The summed E-state index contributed by atoms with van der Waals surface area (Å²) < 4.78 is 15.9. The summed E-state index contributed by atoms with van der Waals surface area (Å²) in [6, 6.07) is 7.01. The van der Waals surface area contributed by atoms with Crippen molar-refractivity contribution < 1.29 is 18.3 Å². The average molecular weight is 341 g/mol. The van der Waals surface area contributed by atoms with E-state index >= 15 is 0 Å². The van der Waals surface area contributed by atoms with E-state index in [1.54, 1.807) is 29.4 Å². The van der Waals surface area contributed by atoms with Crippen LogP contribution in [0.3, 0.4) is 0 Å². The van der Waals surface area contributed by atoms with Gasteiger partial charge in [0, 0.05) is 25.1 Å². The summed E-state index contributed by atoms with van der Waals surface area (Å²) in [6.45, 7) is 2.76. The Morgan fingerprint density at radius 1 is 1.28 bits per heavy atom. The second-order valence-electron chi connectivity index (χ2n) is 6.18. The molecule has 7 heteroatoms. The summed E-state index contributed by atoms with van der Waals surface area (Å²) in [5.74, 6) is 1.68. The van der Waals surface area contributed by atoms with Gasteiger partial charge in [-0.2, -0.15) is 0 Å². The molecule has 0 saturated carbocycles. The van der Waals surface area contributed by atoms with Crippen LogP contribution in [0.5, 0.6) is 0 Å². The lowest BCUT2D eigenvalue weighted by molar-refractivity contribution is 0.0720. The van der Waals surface area contributed by atoms with E-state index in [2.05, 4.69) is 17.2 Å². The molecule has 0 N–H and O–H groups in total. The molecule has 3 aromatic heterocycles. The highest BCUT2D eigenvalue weighted by atomic mass is 16.5. The van der Waals surface area contributed by atoms with Crippen molar-refractivity contribution in [1.29, 1.82) is 0 Å². The van der Waals surface area contributed by atoms with Gasteiger partial charge in [-0.1, -0.05) is 17.2 Å². The summed E-state index contributed by atoms with van der Waals surface area (Å²) >= 11 is 0. The lowest BCUT2D eigenvalue weighted by Gasteiger charge is -2.21. The van der Waals surface area contributed by atoms with Crippen LogP contribution in [0, 0.1) is 0 Å². The first-order valence-corrected chi connectivity index (χ1v) is 8.53. The van der Waals surface area contributed by atoms with Gasteiger partial charge in [0.25, 0.3) is 5.91 Å². The second-order valence-corrected chi connectivity index (χ2v) is 6.18. The van der Waals surface area contributed by atoms with Crippen LogP contribution in [-0.4, -0.2) is 27.7 Å². The zero-order valence-electron chi connectivity index (χ0n) is 14.0. The summed E-state index contributed by atoms with van der Waals surface area (Å²) in [7, 11) is 0. The molecule has 3 aromatic rings. The number of aromatic nitrogens is 2. The molecular formula is C18H19N3O4. The fraction of sp³-hybridized carbons (Fsp3) is 0.389. The zero-order valence-corrected chi connectivity index (χ0v) is 14.0. The Labute approximate surface area is 144 Å². The Balaban J connectivity index is 1.54. The number of hydrogen-bond acceptors (Lipinski definition) is 6. The SMILES string of the molecule is CCCc1cc([C@H]2CCCN2C(=O)c2cc(-c3ccco3)on2)no1. The molecule has 0 spiro atoms. The van der Waals surface area contributed by atoms with Crippen LogP contribution in [0.15, 0.2) is 44.0 Å². The molecule has 0 unspecified atom stereocenters. The molecule has 1 aliphatic rings. The Morgan fingerprint density at radius 2 is 2.20 bits per heavy atom. The van der Waals surface area contributed by atoms with E-state index in [0.717, 1.165) is 37.1 Å². The highest BCUT2D eigenvalue weighted by Crippen LogP contribution is 2.33. The third-order valence-electron chi connectivity index (χ3n) is 4.42. The van der Waals surface area contributed by atoms with Crippen LogP contribution in [0.2, 0.25) is 0 Å². The number of furan rings is 1. The first-order valence-electron chi connectivity index (χ1n) is 8.53. The van der Waals surface area contributed by atoms with Crippen molar-refractivity contribution in [3.63, 3.8) is 0 Å². The molecule has 1 amide bonds. The number of carbonyl (C=O) groups is 1. The second kappa shape index (κ2) is 6.58. The number of rotatable bonds is 5. The maximum absolute atomic E-state index is 12.9. The summed E-state index contributed by atoms with van der Waals surface area (Å²) in [5, 5.41) is 8.07. The Kier molecular flexibility index (Phi) is 4.13. The summed E-state index contributed by atoms with van der Waals surface area (Å²) in [4.78, 5) is 14.6. The summed E-state index contributed by atoms with van der Waals surface area (Å²) in [5.41, 5.74) is 1.08. The van der Waals surface area contributed by atoms with Crippen molar-refractivity contribution in [2.75, 3.05) is 6.54 Å². The molecule has 0 bridgehead atoms. The molecule has 7 nitrogen and oxygen atoms in total. The minimum atomic E-state index is -0.163. The largest absolute Gasteiger partial charge is 0.461 e. The standard InChI is InChI=1S/C18H19N3O4/c1-2-5-12-10-13(19-24-12)15-6-3-8-21(15)18(22)14-11-17(25-20-14)16-7-4-9-23-16/h4,7,9-11,15H,2-3,5-6,8H2,1H3/t15-/m1/s1. The lowest BCUT2D eigenvalue weighted by atomic mass is 10.1. The first kappa shape index (κ1) is 15.7. The van der Waals surface area contributed by atoms with Gasteiger partial charge in [0.15, 0.2) is 11.5 Å². The van der Waals surface area contributed by atoms with Crippen molar-refractivity contribution in [3.05, 3.63) is 47.7 Å². The molecule has 0 radical (unpaired) electrons. The molecule has 0 aromatic carbocycles. The molecule has 130 valence electrons. The number of likely N-dealkylation sites (tertiary alicyclic amines) is 1. The maximum atomic E-state index is 12.9. The van der Waals surface area contributed by atoms with Gasteiger partial charge >= 0.3 is 0 Å². The van der Waals surface area contributed by atoms with E-state index in [-0.39, 0.29) is 17.6 Å². The molecular weight excluding hydrogens is 322 g/mol. The number of amides is 1. The van der Waals surface area contributed by atoms with Crippen molar-refractivity contribution in [2.24, 2.45) is 0 Å². The van der Waals surface area contributed by atoms with Gasteiger partial charge in [-0.05, 0) is 31.4 Å². The van der Waals surface area contributed by atoms with Crippen molar-refractivity contribution in [1.82, 2.24) is 15.2 Å². The minimum Gasteiger partial charge on any atom is -0.461 e. The highest BCUT2D eigenvalue weighted by Gasteiger charge is 2.34. The van der Waals surface area contributed by atoms with E-state index in [1.165, 1.54) is 0 Å². The van der Waals surface area contributed by atoms with Gasteiger partial charge < -0.3 is 18.4 Å². The number of aryl methyl sites for hydroxylation is 1. The van der Waals surface area contributed by atoms with Crippen LogP contribution in [0.25, 0.3) is 11.5 Å². The predicted molar refractivity (Wildman–Crippen MR) is 87.7 cm³/mol. The molecule has 1 saturated heterocycles. The van der Waals surface area contributed by atoms with Crippen molar-refractivity contribution >= 4 is 5.91 Å². The zero-order chi connectivity index (χ0) is 17.2. The molecule has 1 aliphatic heterocycles. The van der Waals surface area contributed by atoms with Crippen LogP contribution in [0.1, 0.15) is 54.2 Å². The maximum Gasteiger partial charge on any atom is 0.276 e. The molecule has 4 rings (SSSR count). The minimum absolute atomic E-state index is 0.0781. The quantitative estimate of drug-likeness (QED) is 0.700. The fourth-order valence-corrected chi connectivity index (χ4v) is 3.23. The van der Waals surface area contributed by atoms with Crippen molar-refractivity contribution in [3.8, 4) is 11.5 Å². The van der Waals surface area contributed by atoms with Gasteiger partial charge in [0.1, 0.15) is 11.5 Å². The van der Waals surface area contributed by atoms with E-state index in [4.69, 9.17) is 13.5 Å². The fourth-order valence-electron chi connectivity index (χ4n) is 3.23. The van der Waals surface area contributed by atoms with Crippen LogP contribution >= 0.6 is 0 Å². The van der Waals surface area contributed by atoms with E-state index in [0.29, 0.717) is 18.1 Å². The average Bonchev–Trinajstić information content (AvgIpc) is 3.40. The molecule has 1 atom stereocenters. The van der Waals surface area contributed by atoms with Gasteiger partial charge in [-0.15, -0.1) is 0 Å². The molecule has 4 heterocycles. The Hall–Kier alpha value is -2.83. The van der Waals surface area contributed by atoms with Crippen LogP contribution in [-0.2, 0) is 6.42 Å². The normalized spacial score (nSPS) is 17.3. The summed E-state index contributed by atoms with van der Waals surface area (Å²) in [6.07, 6.45) is 5.19. The van der Waals surface area contributed by atoms with E-state index in [1.807, 2.05) is 6.07 Å². The number of nitrogens with zero attached hydrogens (tertiary/aromatic N) is 3. The van der Waals surface area contributed by atoms with Gasteiger partial charge in [0.2, 0.25) is 5.76 Å². The first-order chi connectivity index (χ1) is 12.3. The lowest BCUT2D eigenvalue weighted by Crippen LogP contribution is -2.30. The monoisotopic (exact) mass is 341 g/mol. The third-order valence-corrected chi connectivity index (χ3v) is 4.42. The third kappa shape index (κ3) is 2.97. The molecule has 25 heavy (non-hydrogen) atoms. The highest BCUT2D eigenvalue weighted by molar-refractivity contribution is 5.93. The van der Waals surface area contributed by atoms with Crippen LogP contribution < -0.4 is 0 Å². The Bertz CT molecular complexity index is 849. The molecule has 1 fully saturated rings. The van der Waals surface area contributed by atoms with Crippen LogP contribution in [0.4, 0.5) is 0 Å². The van der Waals surface area contributed by atoms with Gasteiger partial charge in [0.05, 0.1) is 12.3 Å². The predicted octanol–water partition coefficient (Wildman–Crippen LogP) is 3.85. The van der Waals surface area contributed by atoms with Gasteiger partial charge in [-0.25, -0.2) is 0 Å². The van der Waals surface area contributed by atoms with E-state index < -0.39 is 0 Å². The number of carbonyl (C=O) groups excluding carboxylic acids is 1. The molecule has 0 aliphatic carbocycles.